The summed E-state index contributed by atoms with van der Waals surface area (Å²) in [6.45, 7) is 6.15. The molecule has 2 nitrogen and oxygen atoms in total. The number of benzene rings is 1. The highest BCUT2D eigenvalue weighted by atomic mass is 16.5. The summed E-state index contributed by atoms with van der Waals surface area (Å²) in [5, 5.41) is 3.65. The van der Waals surface area contributed by atoms with E-state index in [1.807, 2.05) is 6.92 Å². The lowest BCUT2D eigenvalue weighted by molar-refractivity contribution is 0.338. The molecule has 16 heavy (non-hydrogen) atoms. The normalized spacial score (nSPS) is 24.6. The van der Waals surface area contributed by atoms with Crippen LogP contribution in [0.2, 0.25) is 0 Å². The van der Waals surface area contributed by atoms with Gasteiger partial charge in [-0.1, -0.05) is 19.1 Å². The summed E-state index contributed by atoms with van der Waals surface area (Å²) in [7, 11) is 0. The van der Waals surface area contributed by atoms with Crippen molar-refractivity contribution in [2.75, 3.05) is 13.2 Å². The molecule has 88 valence electrons. The molecule has 1 fully saturated rings. The van der Waals surface area contributed by atoms with E-state index >= 15 is 0 Å². The van der Waals surface area contributed by atoms with Gasteiger partial charge < -0.3 is 10.1 Å². The smallest absolute Gasteiger partial charge is 0.119 e. The monoisotopic (exact) mass is 219 g/mol. The average Bonchev–Trinajstić information content (AvgIpc) is 2.80. The minimum atomic E-state index is 0.213. The molecule has 0 aliphatic carbocycles. The van der Waals surface area contributed by atoms with Gasteiger partial charge in [-0.15, -0.1) is 0 Å². The standard InChI is InChI=1S/C14H21NO/c1-3-14(10-5-11-15-14)12-6-8-13(9-7-12)16-4-2/h6-9,15H,3-5,10-11H2,1-2H3. The Hall–Kier alpha value is -1.02. The molecule has 0 spiro atoms. The molecule has 1 heterocycles. The van der Waals surface area contributed by atoms with Crippen molar-refractivity contribution < 1.29 is 4.74 Å². The number of hydrogen-bond donors (Lipinski definition) is 1. The van der Waals surface area contributed by atoms with Crippen LogP contribution >= 0.6 is 0 Å². The fraction of sp³-hybridized carbons (Fsp3) is 0.571. The van der Waals surface area contributed by atoms with E-state index < -0.39 is 0 Å². The van der Waals surface area contributed by atoms with E-state index in [-0.39, 0.29) is 5.54 Å². The van der Waals surface area contributed by atoms with Crippen molar-refractivity contribution in [3.63, 3.8) is 0 Å². The molecule has 2 rings (SSSR count). The van der Waals surface area contributed by atoms with Gasteiger partial charge in [-0.2, -0.15) is 0 Å². The molecule has 1 aliphatic heterocycles. The van der Waals surface area contributed by atoms with Crippen LogP contribution in [0.25, 0.3) is 0 Å². The summed E-state index contributed by atoms with van der Waals surface area (Å²) in [5.74, 6) is 0.968. The number of rotatable bonds is 4. The highest BCUT2D eigenvalue weighted by Gasteiger charge is 2.32. The third-order valence-corrected chi connectivity index (χ3v) is 3.57. The number of ether oxygens (including phenoxy) is 1. The lowest BCUT2D eigenvalue weighted by Crippen LogP contribution is -2.35. The zero-order valence-corrected chi connectivity index (χ0v) is 10.3. The average molecular weight is 219 g/mol. The summed E-state index contributed by atoms with van der Waals surface area (Å²) < 4.78 is 5.47. The van der Waals surface area contributed by atoms with Crippen LogP contribution in [0.3, 0.4) is 0 Å². The van der Waals surface area contributed by atoms with Crippen LogP contribution in [-0.2, 0) is 5.54 Å². The first-order valence-electron chi connectivity index (χ1n) is 6.29. The number of nitrogens with one attached hydrogen (secondary N) is 1. The lowest BCUT2D eigenvalue weighted by atomic mass is 9.86. The van der Waals surface area contributed by atoms with Crippen LogP contribution in [-0.4, -0.2) is 13.2 Å². The lowest BCUT2D eigenvalue weighted by Gasteiger charge is -2.29. The highest BCUT2D eigenvalue weighted by molar-refractivity contribution is 5.32. The zero-order valence-electron chi connectivity index (χ0n) is 10.3. The van der Waals surface area contributed by atoms with Gasteiger partial charge in [-0.25, -0.2) is 0 Å². The van der Waals surface area contributed by atoms with Crippen molar-refractivity contribution in [1.82, 2.24) is 5.32 Å². The molecule has 1 aromatic rings. The van der Waals surface area contributed by atoms with E-state index in [4.69, 9.17) is 4.74 Å². The van der Waals surface area contributed by atoms with Crippen LogP contribution < -0.4 is 10.1 Å². The zero-order chi connectivity index (χ0) is 11.4. The Morgan fingerprint density at radius 3 is 2.50 bits per heavy atom. The molecule has 0 saturated carbocycles. The van der Waals surface area contributed by atoms with Gasteiger partial charge in [-0.05, 0) is 50.4 Å². The summed E-state index contributed by atoms with van der Waals surface area (Å²) in [6.07, 6.45) is 3.68. The van der Waals surface area contributed by atoms with Crippen LogP contribution in [0.5, 0.6) is 5.75 Å². The van der Waals surface area contributed by atoms with Gasteiger partial charge in [0.1, 0.15) is 5.75 Å². The van der Waals surface area contributed by atoms with E-state index in [1.54, 1.807) is 0 Å². The van der Waals surface area contributed by atoms with Gasteiger partial charge in [0, 0.05) is 5.54 Å². The Morgan fingerprint density at radius 2 is 2.00 bits per heavy atom. The van der Waals surface area contributed by atoms with Crippen molar-refractivity contribution in [1.29, 1.82) is 0 Å². The van der Waals surface area contributed by atoms with Crippen molar-refractivity contribution >= 4 is 0 Å². The van der Waals surface area contributed by atoms with E-state index in [0.29, 0.717) is 0 Å². The quantitative estimate of drug-likeness (QED) is 0.840. The molecule has 2 heteroatoms. The van der Waals surface area contributed by atoms with Gasteiger partial charge in [0.15, 0.2) is 0 Å². The third kappa shape index (κ3) is 2.07. The first kappa shape index (κ1) is 11.5. The molecule has 0 radical (unpaired) electrons. The molecule has 1 atom stereocenters. The minimum absolute atomic E-state index is 0.213. The van der Waals surface area contributed by atoms with Gasteiger partial charge in [-0.3, -0.25) is 0 Å². The molecule has 1 unspecified atom stereocenters. The first-order chi connectivity index (χ1) is 7.80. The van der Waals surface area contributed by atoms with Crippen molar-refractivity contribution in [2.45, 2.75) is 38.6 Å². The molecule has 1 aliphatic rings. The van der Waals surface area contributed by atoms with E-state index in [9.17, 15) is 0 Å². The molecule has 0 aromatic heterocycles. The van der Waals surface area contributed by atoms with Crippen LogP contribution in [0.1, 0.15) is 38.7 Å². The molecule has 1 N–H and O–H groups in total. The van der Waals surface area contributed by atoms with Crippen molar-refractivity contribution in [3.8, 4) is 5.75 Å². The Morgan fingerprint density at radius 1 is 1.25 bits per heavy atom. The van der Waals surface area contributed by atoms with Gasteiger partial charge in [0.2, 0.25) is 0 Å². The SMILES string of the molecule is CCOc1ccc(C2(CC)CCCN2)cc1. The largest absolute Gasteiger partial charge is 0.494 e. The van der Waals surface area contributed by atoms with Crippen molar-refractivity contribution in [3.05, 3.63) is 29.8 Å². The van der Waals surface area contributed by atoms with Gasteiger partial charge >= 0.3 is 0 Å². The second kappa shape index (κ2) is 4.88. The van der Waals surface area contributed by atoms with E-state index in [2.05, 4.69) is 36.5 Å². The fourth-order valence-electron chi connectivity index (χ4n) is 2.60. The Bertz CT molecular complexity index is 325. The van der Waals surface area contributed by atoms with Crippen LogP contribution in [0.4, 0.5) is 0 Å². The molecular formula is C14H21NO. The molecular weight excluding hydrogens is 198 g/mol. The predicted octanol–water partition coefficient (Wildman–Crippen LogP) is 3.07. The van der Waals surface area contributed by atoms with Crippen LogP contribution in [0, 0.1) is 0 Å². The summed E-state index contributed by atoms with van der Waals surface area (Å²) in [6, 6.07) is 8.56. The molecule has 1 aromatic carbocycles. The highest BCUT2D eigenvalue weighted by Crippen LogP contribution is 2.34. The van der Waals surface area contributed by atoms with Gasteiger partial charge in [0.05, 0.1) is 6.61 Å². The Kier molecular flexibility index (Phi) is 3.49. The molecule has 1 saturated heterocycles. The summed E-state index contributed by atoms with van der Waals surface area (Å²) in [5.41, 5.74) is 1.61. The van der Waals surface area contributed by atoms with Gasteiger partial charge in [0.25, 0.3) is 0 Å². The second-order valence-electron chi connectivity index (χ2n) is 4.42. The summed E-state index contributed by atoms with van der Waals surface area (Å²) in [4.78, 5) is 0. The Balaban J connectivity index is 2.19. The maximum absolute atomic E-state index is 5.47. The van der Waals surface area contributed by atoms with E-state index in [0.717, 1.165) is 25.3 Å². The third-order valence-electron chi connectivity index (χ3n) is 3.57. The molecule has 0 bridgehead atoms. The Labute approximate surface area is 98.0 Å². The van der Waals surface area contributed by atoms with E-state index in [1.165, 1.54) is 18.4 Å². The number of hydrogen-bond acceptors (Lipinski definition) is 2. The summed E-state index contributed by atoms with van der Waals surface area (Å²) >= 11 is 0. The minimum Gasteiger partial charge on any atom is -0.494 e. The topological polar surface area (TPSA) is 21.3 Å². The molecule has 0 amide bonds. The van der Waals surface area contributed by atoms with Crippen molar-refractivity contribution in [2.24, 2.45) is 0 Å². The first-order valence-corrected chi connectivity index (χ1v) is 6.29. The predicted molar refractivity (Wildman–Crippen MR) is 66.8 cm³/mol. The fourth-order valence-corrected chi connectivity index (χ4v) is 2.60. The van der Waals surface area contributed by atoms with Crippen LogP contribution in [0.15, 0.2) is 24.3 Å². The maximum Gasteiger partial charge on any atom is 0.119 e. The second-order valence-corrected chi connectivity index (χ2v) is 4.42. The maximum atomic E-state index is 5.47.